The minimum atomic E-state index is -0.227. The van der Waals surface area contributed by atoms with Crippen LogP contribution in [-0.2, 0) is 0 Å². The lowest BCUT2D eigenvalue weighted by molar-refractivity contribution is 0.0929. The summed E-state index contributed by atoms with van der Waals surface area (Å²) in [6.45, 7) is 4.61. The van der Waals surface area contributed by atoms with Crippen molar-refractivity contribution >= 4 is 5.91 Å². The van der Waals surface area contributed by atoms with Gasteiger partial charge in [-0.25, -0.2) is 0 Å². The number of rotatable bonds is 7. The van der Waals surface area contributed by atoms with Gasteiger partial charge in [-0.05, 0) is 50.6 Å². The van der Waals surface area contributed by atoms with Crippen molar-refractivity contribution in [2.45, 2.75) is 25.8 Å². The predicted octanol–water partition coefficient (Wildman–Crippen LogP) is 4.23. The third kappa shape index (κ3) is 4.54. The Labute approximate surface area is 176 Å². The van der Waals surface area contributed by atoms with Crippen LogP contribution in [0.15, 0.2) is 59.1 Å². The zero-order chi connectivity index (χ0) is 20.9. The molecule has 6 nitrogen and oxygen atoms in total. The van der Waals surface area contributed by atoms with Gasteiger partial charge in [-0.3, -0.25) is 9.69 Å². The van der Waals surface area contributed by atoms with Crippen LogP contribution in [0.2, 0.25) is 0 Å². The van der Waals surface area contributed by atoms with E-state index in [1.54, 1.807) is 13.2 Å². The number of amides is 1. The molecule has 0 radical (unpaired) electrons. The van der Waals surface area contributed by atoms with Crippen molar-refractivity contribution in [1.29, 1.82) is 0 Å². The van der Waals surface area contributed by atoms with Crippen LogP contribution in [0.5, 0.6) is 5.75 Å². The number of nitrogens with one attached hydrogen (secondary N) is 1. The van der Waals surface area contributed by atoms with Crippen molar-refractivity contribution < 1.29 is 14.1 Å². The molecular formula is C24H27N3O3. The maximum atomic E-state index is 12.7. The smallest absolute Gasteiger partial charge is 0.273 e. The summed E-state index contributed by atoms with van der Waals surface area (Å²) in [6.07, 6.45) is 2.37. The fourth-order valence-corrected chi connectivity index (χ4v) is 3.85. The number of likely N-dealkylation sites (tertiary alicyclic amines) is 1. The third-order valence-corrected chi connectivity index (χ3v) is 5.62. The lowest BCUT2D eigenvalue weighted by Gasteiger charge is -2.28. The Bertz CT molecular complexity index is 974. The van der Waals surface area contributed by atoms with Gasteiger partial charge in [-0.1, -0.05) is 47.1 Å². The molecule has 1 saturated heterocycles. The van der Waals surface area contributed by atoms with Gasteiger partial charge < -0.3 is 14.6 Å². The molecule has 2 heterocycles. The summed E-state index contributed by atoms with van der Waals surface area (Å²) in [6, 6.07) is 17.8. The normalized spacial score (nSPS) is 15.1. The van der Waals surface area contributed by atoms with Crippen molar-refractivity contribution in [2.75, 3.05) is 26.7 Å². The molecule has 1 aromatic heterocycles. The predicted molar refractivity (Wildman–Crippen MR) is 116 cm³/mol. The highest BCUT2D eigenvalue weighted by Gasteiger charge is 2.25. The minimum Gasteiger partial charge on any atom is -0.497 e. The van der Waals surface area contributed by atoms with Gasteiger partial charge in [0.1, 0.15) is 5.75 Å². The number of aryl methyl sites for hydroxylation is 1. The van der Waals surface area contributed by atoms with Crippen LogP contribution in [0.3, 0.4) is 0 Å². The zero-order valence-electron chi connectivity index (χ0n) is 17.4. The Morgan fingerprint density at radius 2 is 1.83 bits per heavy atom. The van der Waals surface area contributed by atoms with E-state index in [9.17, 15) is 4.79 Å². The van der Waals surface area contributed by atoms with Gasteiger partial charge in [0.2, 0.25) is 0 Å². The van der Waals surface area contributed by atoms with E-state index in [-0.39, 0.29) is 11.9 Å². The number of carbonyl (C=O) groups is 1. The molecule has 4 rings (SSSR count). The quantitative estimate of drug-likeness (QED) is 0.637. The molecule has 0 aliphatic carbocycles. The largest absolute Gasteiger partial charge is 0.497 e. The van der Waals surface area contributed by atoms with Crippen LogP contribution in [0, 0.1) is 6.92 Å². The fourth-order valence-electron chi connectivity index (χ4n) is 3.85. The second-order valence-corrected chi connectivity index (χ2v) is 7.68. The highest BCUT2D eigenvalue weighted by Crippen LogP contribution is 2.26. The Hall–Kier alpha value is -3.12. The van der Waals surface area contributed by atoms with E-state index in [0.717, 1.165) is 24.4 Å². The summed E-state index contributed by atoms with van der Waals surface area (Å²) in [5, 5.41) is 7.01. The number of carbonyl (C=O) groups excluding carboxylic acids is 1. The Morgan fingerprint density at radius 1 is 1.13 bits per heavy atom. The lowest BCUT2D eigenvalue weighted by atomic mass is 10.1. The number of ether oxygens (including phenoxy) is 1. The van der Waals surface area contributed by atoms with Crippen molar-refractivity contribution in [3.63, 3.8) is 0 Å². The molecule has 0 saturated carbocycles. The molecule has 0 spiro atoms. The molecule has 0 unspecified atom stereocenters. The molecular weight excluding hydrogens is 378 g/mol. The van der Waals surface area contributed by atoms with E-state index in [1.165, 1.54) is 24.0 Å². The highest BCUT2D eigenvalue weighted by molar-refractivity contribution is 5.93. The summed E-state index contributed by atoms with van der Waals surface area (Å²) < 4.78 is 10.7. The van der Waals surface area contributed by atoms with Crippen LogP contribution < -0.4 is 10.1 Å². The van der Waals surface area contributed by atoms with Gasteiger partial charge in [0, 0.05) is 18.2 Å². The number of benzene rings is 2. The third-order valence-electron chi connectivity index (χ3n) is 5.62. The zero-order valence-corrected chi connectivity index (χ0v) is 17.4. The first-order valence-corrected chi connectivity index (χ1v) is 10.3. The first kappa shape index (κ1) is 20.2. The fraction of sp³-hybridized carbons (Fsp3) is 0.333. The average molecular weight is 405 g/mol. The number of nitrogens with zero attached hydrogens (tertiary/aromatic N) is 2. The van der Waals surface area contributed by atoms with Crippen molar-refractivity contribution in [2.24, 2.45) is 0 Å². The second kappa shape index (κ2) is 9.13. The molecule has 30 heavy (non-hydrogen) atoms. The molecule has 1 N–H and O–H groups in total. The van der Waals surface area contributed by atoms with E-state index in [4.69, 9.17) is 9.26 Å². The number of aromatic nitrogens is 1. The average Bonchev–Trinajstić information content (AvgIpc) is 3.47. The molecule has 1 aliphatic rings. The molecule has 3 aromatic rings. The summed E-state index contributed by atoms with van der Waals surface area (Å²) in [7, 11) is 1.66. The first-order chi connectivity index (χ1) is 14.6. The first-order valence-electron chi connectivity index (χ1n) is 10.3. The van der Waals surface area contributed by atoms with Gasteiger partial charge in [0.05, 0.1) is 13.2 Å². The highest BCUT2D eigenvalue weighted by atomic mass is 16.5. The number of hydrogen-bond donors (Lipinski definition) is 1. The van der Waals surface area contributed by atoms with Gasteiger partial charge >= 0.3 is 0 Å². The van der Waals surface area contributed by atoms with Crippen molar-refractivity contribution in [3.05, 3.63) is 71.4 Å². The Kier molecular flexibility index (Phi) is 6.14. The standard InChI is InChI=1S/C24H27N3O3/c1-17-5-7-19(8-6-17)23-15-21(26-30-23)24(28)25-16-22(27-13-3-4-14-27)18-9-11-20(29-2)12-10-18/h5-12,15,22H,3-4,13-14,16H2,1-2H3,(H,25,28)/t22-/m1/s1. The molecule has 156 valence electrons. The monoisotopic (exact) mass is 405 g/mol. The second-order valence-electron chi connectivity index (χ2n) is 7.68. The van der Waals surface area contributed by atoms with E-state index in [1.807, 2.05) is 43.3 Å². The molecule has 1 aliphatic heterocycles. The van der Waals surface area contributed by atoms with E-state index in [2.05, 4.69) is 27.5 Å². The molecule has 6 heteroatoms. The molecule has 1 atom stereocenters. The number of hydrogen-bond acceptors (Lipinski definition) is 5. The molecule has 1 fully saturated rings. The van der Waals surface area contributed by atoms with E-state index < -0.39 is 0 Å². The van der Waals surface area contributed by atoms with Gasteiger partial charge in [-0.15, -0.1) is 0 Å². The summed E-state index contributed by atoms with van der Waals surface area (Å²) >= 11 is 0. The summed E-state index contributed by atoms with van der Waals surface area (Å²) in [5.41, 5.74) is 3.53. The van der Waals surface area contributed by atoms with Gasteiger partial charge in [0.25, 0.3) is 5.91 Å². The van der Waals surface area contributed by atoms with E-state index >= 15 is 0 Å². The maximum absolute atomic E-state index is 12.7. The Morgan fingerprint density at radius 3 is 2.50 bits per heavy atom. The van der Waals surface area contributed by atoms with Crippen LogP contribution in [0.4, 0.5) is 0 Å². The van der Waals surface area contributed by atoms with Crippen LogP contribution in [0.25, 0.3) is 11.3 Å². The van der Waals surface area contributed by atoms with Gasteiger partial charge in [-0.2, -0.15) is 0 Å². The minimum absolute atomic E-state index is 0.117. The summed E-state index contributed by atoms with van der Waals surface area (Å²) in [5.74, 6) is 1.19. The summed E-state index contributed by atoms with van der Waals surface area (Å²) in [4.78, 5) is 15.1. The van der Waals surface area contributed by atoms with Crippen LogP contribution in [0.1, 0.15) is 40.5 Å². The van der Waals surface area contributed by atoms with Crippen molar-refractivity contribution in [1.82, 2.24) is 15.4 Å². The SMILES string of the molecule is COc1ccc([C@@H](CNC(=O)c2cc(-c3ccc(C)cc3)on2)N2CCCC2)cc1. The topological polar surface area (TPSA) is 67.6 Å². The van der Waals surface area contributed by atoms with E-state index in [0.29, 0.717) is 18.0 Å². The lowest BCUT2D eigenvalue weighted by Crippen LogP contribution is -2.36. The van der Waals surface area contributed by atoms with Crippen LogP contribution in [-0.4, -0.2) is 42.7 Å². The van der Waals surface area contributed by atoms with Gasteiger partial charge in [0.15, 0.2) is 11.5 Å². The maximum Gasteiger partial charge on any atom is 0.273 e. The molecule has 0 bridgehead atoms. The van der Waals surface area contributed by atoms with Crippen molar-refractivity contribution in [3.8, 4) is 17.1 Å². The molecule has 1 amide bonds. The van der Waals surface area contributed by atoms with Crippen LogP contribution >= 0.6 is 0 Å². The number of methoxy groups -OCH3 is 1. The Balaban J connectivity index is 1.45. The molecule has 2 aromatic carbocycles.